The highest BCUT2D eigenvalue weighted by Crippen LogP contribution is 2.47. The van der Waals surface area contributed by atoms with Crippen LogP contribution in [0.5, 0.6) is 5.75 Å². The Bertz CT molecular complexity index is 1120. The number of nitrogens with one attached hydrogen (secondary N) is 2. The summed E-state index contributed by atoms with van der Waals surface area (Å²) in [5.74, 6) is -0.885. The molecule has 3 aliphatic rings. The molecule has 2 aromatic carbocycles. The average Bonchev–Trinajstić information content (AvgIpc) is 3.16. The largest absolute Gasteiger partial charge is 0.487 e. The van der Waals surface area contributed by atoms with Gasteiger partial charge in [0.05, 0.1) is 19.1 Å². The van der Waals surface area contributed by atoms with Gasteiger partial charge < -0.3 is 25.2 Å². The van der Waals surface area contributed by atoms with E-state index in [4.69, 9.17) is 9.47 Å². The quantitative estimate of drug-likeness (QED) is 0.558. The predicted molar refractivity (Wildman–Crippen MR) is 123 cm³/mol. The molecule has 0 bridgehead atoms. The van der Waals surface area contributed by atoms with Crippen LogP contribution >= 0.6 is 0 Å². The molecule has 0 unspecified atom stereocenters. The number of hydrogen-bond acceptors (Lipinski definition) is 5. The number of rotatable bonds is 7. The van der Waals surface area contributed by atoms with E-state index in [2.05, 4.69) is 10.6 Å². The standard InChI is InChI=1S/C26H28F2N2O5/c27-16-4-6-21(28)15(8-16)12-29-24(32)11-18-10-20-19-9-17(30-26(33)14-2-1-3-14)5-7-22(19)35-25(20)23(13-31)34-18/h4-9,14,18,20,23,25,31H,1-3,10-13H2,(H,29,32)(H,30,33)/t18-,20-,23-,25+/m0/s1. The van der Waals surface area contributed by atoms with E-state index < -0.39 is 29.9 Å². The van der Waals surface area contributed by atoms with Gasteiger partial charge >= 0.3 is 0 Å². The first kappa shape index (κ1) is 23.7. The zero-order valence-electron chi connectivity index (χ0n) is 19.1. The first-order valence-corrected chi connectivity index (χ1v) is 12.0. The maximum atomic E-state index is 13.8. The summed E-state index contributed by atoms with van der Waals surface area (Å²) in [6, 6.07) is 8.61. The molecular weight excluding hydrogens is 458 g/mol. The molecule has 7 nitrogen and oxygen atoms in total. The molecule has 0 radical (unpaired) electrons. The fourth-order valence-corrected chi connectivity index (χ4v) is 5.03. The van der Waals surface area contributed by atoms with Crippen molar-refractivity contribution in [3.63, 3.8) is 0 Å². The SMILES string of the molecule is O=C(C[C@@H]1C[C@H]2c3cc(NC(=O)C4CCC4)ccc3O[C@H]2[C@H](CO)O1)NCc1cc(F)ccc1F. The lowest BCUT2D eigenvalue weighted by Crippen LogP contribution is -2.47. The smallest absolute Gasteiger partial charge is 0.227 e. The number of aliphatic hydroxyl groups is 1. The van der Waals surface area contributed by atoms with Crippen LogP contribution < -0.4 is 15.4 Å². The molecule has 3 N–H and O–H groups in total. The molecule has 2 aliphatic heterocycles. The van der Waals surface area contributed by atoms with Crippen LogP contribution in [0, 0.1) is 17.6 Å². The van der Waals surface area contributed by atoms with Crippen LogP contribution in [-0.2, 0) is 20.9 Å². The summed E-state index contributed by atoms with van der Waals surface area (Å²) >= 11 is 0. The lowest BCUT2D eigenvalue weighted by Gasteiger charge is -2.37. The van der Waals surface area contributed by atoms with Gasteiger partial charge in [-0.25, -0.2) is 8.78 Å². The van der Waals surface area contributed by atoms with Crippen LogP contribution in [0.25, 0.3) is 0 Å². The fraction of sp³-hybridized carbons (Fsp3) is 0.462. The van der Waals surface area contributed by atoms with Gasteiger partial charge in [-0.05, 0) is 55.7 Å². The monoisotopic (exact) mass is 486 g/mol. The third-order valence-corrected chi connectivity index (χ3v) is 7.14. The van der Waals surface area contributed by atoms with E-state index in [1.165, 1.54) is 0 Å². The van der Waals surface area contributed by atoms with Gasteiger partial charge in [0.2, 0.25) is 11.8 Å². The van der Waals surface area contributed by atoms with Crippen molar-refractivity contribution in [3.8, 4) is 5.75 Å². The Morgan fingerprint density at radius 2 is 1.94 bits per heavy atom. The fourth-order valence-electron chi connectivity index (χ4n) is 5.03. The van der Waals surface area contributed by atoms with Gasteiger partial charge in [0, 0.05) is 35.2 Å². The molecule has 4 atom stereocenters. The van der Waals surface area contributed by atoms with Crippen molar-refractivity contribution < 1.29 is 33.0 Å². The first-order valence-electron chi connectivity index (χ1n) is 12.0. The Morgan fingerprint density at radius 3 is 2.69 bits per heavy atom. The number of benzene rings is 2. The Kier molecular flexibility index (Phi) is 6.71. The number of amides is 2. The molecule has 5 rings (SSSR count). The third-order valence-electron chi connectivity index (χ3n) is 7.14. The number of carbonyl (C=O) groups is 2. The second kappa shape index (κ2) is 9.91. The number of ether oxygens (including phenoxy) is 2. The highest BCUT2D eigenvalue weighted by molar-refractivity contribution is 5.93. The van der Waals surface area contributed by atoms with Crippen LogP contribution in [-0.4, -0.2) is 41.8 Å². The average molecular weight is 487 g/mol. The van der Waals surface area contributed by atoms with Crippen molar-refractivity contribution in [1.29, 1.82) is 0 Å². The molecular formula is C26H28F2N2O5. The molecule has 35 heavy (non-hydrogen) atoms. The molecule has 1 saturated carbocycles. The summed E-state index contributed by atoms with van der Waals surface area (Å²) < 4.78 is 39.2. The maximum Gasteiger partial charge on any atom is 0.227 e. The van der Waals surface area contributed by atoms with E-state index in [0.717, 1.165) is 43.0 Å². The Hall–Kier alpha value is -3.04. The van der Waals surface area contributed by atoms with E-state index in [-0.39, 0.29) is 48.8 Å². The minimum absolute atomic E-state index is 0.00406. The zero-order chi connectivity index (χ0) is 24.5. The van der Waals surface area contributed by atoms with Gasteiger partial charge in [0.15, 0.2) is 0 Å². The summed E-state index contributed by atoms with van der Waals surface area (Å²) in [7, 11) is 0. The molecule has 0 spiro atoms. The summed E-state index contributed by atoms with van der Waals surface area (Å²) in [4.78, 5) is 24.9. The zero-order valence-corrected chi connectivity index (χ0v) is 19.1. The number of halogens is 2. The molecule has 9 heteroatoms. The lowest BCUT2D eigenvalue weighted by molar-refractivity contribution is -0.142. The highest BCUT2D eigenvalue weighted by atomic mass is 19.1. The second-order valence-electron chi connectivity index (χ2n) is 9.49. The molecule has 2 heterocycles. The van der Waals surface area contributed by atoms with Gasteiger partial charge in [0.25, 0.3) is 0 Å². The van der Waals surface area contributed by atoms with Crippen LogP contribution in [0.1, 0.15) is 49.1 Å². The molecule has 2 fully saturated rings. The first-order chi connectivity index (χ1) is 16.9. The van der Waals surface area contributed by atoms with Crippen molar-refractivity contribution in [2.45, 2.75) is 62.9 Å². The Labute approximate surface area is 201 Å². The van der Waals surface area contributed by atoms with E-state index in [9.17, 15) is 23.5 Å². The van der Waals surface area contributed by atoms with Gasteiger partial charge in [0.1, 0.15) is 29.6 Å². The maximum absolute atomic E-state index is 13.8. The van der Waals surface area contributed by atoms with Crippen molar-refractivity contribution in [3.05, 3.63) is 59.2 Å². The minimum atomic E-state index is -0.618. The number of anilines is 1. The van der Waals surface area contributed by atoms with Crippen molar-refractivity contribution in [1.82, 2.24) is 5.32 Å². The lowest BCUT2D eigenvalue weighted by atomic mass is 9.83. The van der Waals surface area contributed by atoms with Crippen LogP contribution in [0.15, 0.2) is 36.4 Å². The molecule has 186 valence electrons. The van der Waals surface area contributed by atoms with Gasteiger partial charge in [-0.1, -0.05) is 6.42 Å². The Balaban J connectivity index is 1.24. The summed E-state index contributed by atoms with van der Waals surface area (Å²) in [5, 5.41) is 15.5. The number of aliphatic hydroxyl groups excluding tert-OH is 1. The Morgan fingerprint density at radius 1 is 1.11 bits per heavy atom. The van der Waals surface area contributed by atoms with E-state index in [0.29, 0.717) is 17.9 Å². The summed E-state index contributed by atoms with van der Waals surface area (Å²) in [6.45, 7) is -0.409. The number of hydrogen-bond donors (Lipinski definition) is 3. The predicted octanol–water partition coefficient (Wildman–Crippen LogP) is 3.40. The van der Waals surface area contributed by atoms with Gasteiger partial charge in [-0.3, -0.25) is 9.59 Å². The van der Waals surface area contributed by atoms with Gasteiger partial charge in [-0.2, -0.15) is 0 Å². The van der Waals surface area contributed by atoms with Crippen LogP contribution in [0.4, 0.5) is 14.5 Å². The molecule has 1 saturated heterocycles. The normalized spacial score (nSPS) is 25.1. The van der Waals surface area contributed by atoms with E-state index >= 15 is 0 Å². The van der Waals surface area contributed by atoms with Gasteiger partial charge in [-0.15, -0.1) is 0 Å². The topological polar surface area (TPSA) is 96.9 Å². The third kappa shape index (κ3) is 5.01. The molecule has 2 amide bonds. The molecule has 2 aromatic rings. The van der Waals surface area contributed by atoms with E-state index in [1.54, 1.807) is 6.07 Å². The summed E-state index contributed by atoms with van der Waals surface area (Å²) in [6.07, 6.45) is 1.88. The van der Waals surface area contributed by atoms with Crippen molar-refractivity contribution >= 4 is 17.5 Å². The molecule has 1 aliphatic carbocycles. The van der Waals surface area contributed by atoms with Crippen LogP contribution in [0.2, 0.25) is 0 Å². The van der Waals surface area contributed by atoms with E-state index in [1.807, 2.05) is 12.1 Å². The van der Waals surface area contributed by atoms with Crippen molar-refractivity contribution in [2.24, 2.45) is 5.92 Å². The summed E-state index contributed by atoms with van der Waals surface area (Å²) in [5.41, 5.74) is 1.67. The minimum Gasteiger partial charge on any atom is -0.487 e. The number of fused-ring (bicyclic) bond motifs is 3. The van der Waals surface area contributed by atoms with Crippen LogP contribution in [0.3, 0.4) is 0 Å². The van der Waals surface area contributed by atoms with Crippen molar-refractivity contribution in [2.75, 3.05) is 11.9 Å². The second-order valence-corrected chi connectivity index (χ2v) is 9.49. The molecule has 0 aromatic heterocycles. The highest BCUT2D eigenvalue weighted by Gasteiger charge is 2.46. The number of carbonyl (C=O) groups excluding carboxylic acids is 2.